The molecule has 4 rings (SSSR count). The van der Waals surface area contributed by atoms with Gasteiger partial charge in [0.2, 0.25) is 0 Å². The number of phosphoric ester groups is 1. The predicted octanol–water partition coefficient (Wildman–Crippen LogP) is 4.31. The van der Waals surface area contributed by atoms with Gasteiger partial charge in [-0.2, -0.15) is 0 Å². The van der Waals surface area contributed by atoms with Gasteiger partial charge in [-0.15, -0.1) is 0 Å². The number of phosphoric acid groups is 1. The average Bonchev–Trinajstić information content (AvgIpc) is 2.63. The Hall–Kier alpha value is -1.83. The fourth-order valence-electron chi connectivity index (χ4n) is 3.57. The zero-order valence-corrected chi connectivity index (χ0v) is 18.4. The largest absolute Gasteiger partial charge is 0.479 e. The Labute approximate surface area is 172 Å². The summed E-state index contributed by atoms with van der Waals surface area (Å²) in [5.74, 6) is -0.607. The highest BCUT2D eigenvalue weighted by molar-refractivity contribution is 7.91. The lowest BCUT2D eigenvalue weighted by Crippen LogP contribution is -2.13. The van der Waals surface area contributed by atoms with Crippen LogP contribution in [0.3, 0.4) is 0 Å². The van der Waals surface area contributed by atoms with Crippen LogP contribution in [-0.4, -0.2) is 37.2 Å². The van der Waals surface area contributed by atoms with Crippen LogP contribution in [0.1, 0.15) is 0 Å². The van der Waals surface area contributed by atoms with E-state index in [2.05, 4.69) is 8.83 Å². The van der Waals surface area contributed by atoms with E-state index in [4.69, 9.17) is 4.89 Å². The molecule has 0 heterocycles. The molecular formula is C19H18O8P2S. The van der Waals surface area contributed by atoms with E-state index >= 15 is 0 Å². The second kappa shape index (κ2) is 7.39. The molecule has 0 aromatic heterocycles. The molecule has 0 bridgehead atoms. The Bertz CT molecular complexity index is 1440. The maximum Gasteiger partial charge on any atom is 0.479 e. The van der Waals surface area contributed by atoms with E-state index in [0.717, 1.165) is 33.6 Å². The van der Waals surface area contributed by atoms with Crippen molar-refractivity contribution in [1.29, 1.82) is 0 Å². The van der Waals surface area contributed by atoms with Crippen LogP contribution in [0, 0.1) is 0 Å². The van der Waals surface area contributed by atoms with E-state index in [0.29, 0.717) is 5.39 Å². The normalized spacial score (nSPS) is 16.8. The second-order valence-electron chi connectivity index (χ2n) is 6.93. The molecule has 0 amide bonds. The lowest BCUT2D eigenvalue weighted by atomic mass is 9.94. The van der Waals surface area contributed by atoms with Crippen LogP contribution < -0.4 is 0 Å². The lowest BCUT2D eigenvalue weighted by molar-refractivity contribution is 0.206. The molecule has 158 valence electrons. The Morgan fingerprint density at radius 2 is 1.43 bits per heavy atom. The van der Waals surface area contributed by atoms with Crippen LogP contribution in [-0.2, 0) is 27.8 Å². The quantitative estimate of drug-likeness (QED) is 0.304. The van der Waals surface area contributed by atoms with Crippen LogP contribution in [0.5, 0.6) is 0 Å². The van der Waals surface area contributed by atoms with Gasteiger partial charge in [0.05, 0.1) is 17.3 Å². The van der Waals surface area contributed by atoms with Gasteiger partial charge in [0.15, 0.2) is 9.84 Å². The highest BCUT2D eigenvalue weighted by atomic mass is 32.2. The third kappa shape index (κ3) is 4.15. The number of hydrogen-bond donors (Lipinski definition) is 2. The average molecular weight is 468 g/mol. The summed E-state index contributed by atoms with van der Waals surface area (Å²) in [7, 11) is -13.0. The molecule has 0 saturated carbocycles. The SMILES string of the molecule is CP(=O)(O)OP(=O)(O)OCCS(=O)(=O)c1ccc2ccc3cccc4ccc1c2c34. The third-order valence-electron chi connectivity index (χ3n) is 4.68. The predicted molar refractivity (Wildman–Crippen MR) is 115 cm³/mol. The third-order valence-corrected chi connectivity index (χ3v) is 8.96. The molecule has 0 radical (unpaired) electrons. The minimum Gasteiger partial charge on any atom is -0.324 e. The first kappa shape index (κ1) is 21.4. The highest BCUT2D eigenvalue weighted by Crippen LogP contribution is 2.57. The summed E-state index contributed by atoms with van der Waals surface area (Å²) in [5, 5.41) is 5.24. The van der Waals surface area contributed by atoms with E-state index in [-0.39, 0.29) is 4.90 Å². The highest BCUT2D eigenvalue weighted by Gasteiger charge is 2.31. The molecule has 4 aromatic carbocycles. The minimum atomic E-state index is -4.86. The molecular weight excluding hydrogens is 450 g/mol. The van der Waals surface area contributed by atoms with Crippen molar-refractivity contribution < 1.29 is 36.2 Å². The molecule has 0 aliphatic rings. The molecule has 30 heavy (non-hydrogen) atoms. The van der Waals surface area contributed by atoms with Crippen molar-refractivity contribution in [2.75, 3.05) is 19.0 Å². The van der Waals surface area contributed by atoms with E-state index in [1.54, 1.807) is 12.1 Å². The second-order valence-corrected chi connectivity index (χ2v) is 12.5. The first-order valence-corrected chi connectivity index (χ1v) is 14.0. The molecule has 2 atom stereocenters. The van der Waals surface area contributed by atoms with Gasteiger partial charge in [-0.3, -0.25) is 9.09 Å². The van der Waals surface area contributed by atoms with Gasteiger partial charge < -0.3 is 9.79 Å². The summed E-state index contributed by atoms with van der Waals surface area (Å²) in [5.41, 5.74) is 0. The summed E-state index contributed by atoms with van der Waals surface area (Å²) in [6, 6.07) is 16.6. The van der Waals surface area contributed by atoms with Crippen molar-refractivity contribution >= 4 is 57.6 Å². The summed E-state index contributed by atoms with van der Waals surface area (Å²) in [4.78, 5) is 18.6. The zero-order chi connectivity index (χ0) is 21.7. The molecule has 2 N–H and O–H groups in total. The van der Waals surface area contributed by atoms with Crippen molar-refractivity contribution in [3.63, 3.8) is 0 Å². The fraction of sp³-hybridized carbons (Fsp3) is 0.158. The van der Waals surface area contributed by atoms with Crippen LogP contribution >= 0.6 is 15.4 Å². The van der Waals surface area contributed by atoms with Crippen LogP contribution in [0.4, 0.5) is 0 Å². The van der Waals surface area contributed by atoms with Crippen molar-refractivity contribution in [2.45, 2.75) is 4.90 Å². The van der Waals surface area contributed by atoms with Crippen LogP contribution in [0.25, 0.3) is 32.3 Å². The first-order chi connectivity index (χ1) is 14.0. The van der Waals surface area contributed by atoms with Crippen LogP contribution in [0.2, 0.25) is 0 Å². The maximum atomic E-state index is 13.0. The Morgan fingerprint density at radius 1 is 0.867 bits per heavy atom. The number of sulfone groups is 1. The summed E-state index contributed by atoms with van der Waals surface area (Å²) >= 11 is 0. The van der Waals surface area contributed by atoms with Gasteiger partial charge >= 0.3 is 15.4 Å². The molecule has 4 aromatic rings. The maximum absolute atomic E-state index is 13.0. The van der Waals surface area contributed by atoms with Gasteiger partial charge in [-0.05, 0) is 33.0 Å². The van der Waals surface area contributed by atoms with Gasteiger partial charge in [0, 0.05) is 12.1 Å². The zero-order valence-electron chi connectivity index (χ0n) is 15.8. The molecule has 11 heteroatoms. The van der Waals surface area contributed by atoms with E-state index in [1.165, 1.54) is 6.07 Å². The van der Waals surface area contributed by atoms with Gasteiger partial charge in [0.1, 0.15) is 0 Å². The topological polar surface area (TPSA) is 127 Å². The van der Waals surface area contributed by atoms with Gasteiger partial charge in [-0.25, -0.2) is 17.3 Å². The number of rotatable bonds is 7. The molecule has 0 aliphatic carbocycles. The summed E-state index contributed by atoms with van der Waals surface area (Å²) in [6.07, 6.45) is 0. The Morgan fingerprint density at radius 3 is 2.07 bits per heavy atom. The van der Waals surface area contributed by atoms with Crippen molar-refractivity contribution in [1.82, 2.24) is 0 Å². The summed E-state index contributed by atoms with van der Waals surface area (Å²) < 4.78 is 57.4. The van der Waals surface area contributed by atoms with Crippen molar-refractivity contribution in [3.05, 3.63) is 54.6 Å². The standard InChI is InChI=1S/C19H18O8P2S/c1-28(20,21)27-29(22,23)26-11-12-30(24,25)17-10-8-15-6-5-13-3-2-4-14-7-9-16(17)19(15)18(13)14/h2-10H,11-12H2,1H3,(H,20,21)(H,22,23). The number of hydrogen-bond acceptors (Lipinski definition) is 6. The Kier molecular flexibility index (Phi) is 5.27. The van der Waals surface area contributed by atoms with Gasteiger partial charge in [0.25, 0.3) is 0 Å². The van der Waals surface area contributed by atoms with Crippen molar-refractivity contribution in [2.24, 2.45) is 0 Å². The first-order valence-electron chi connectivity index (χ1n) is 8.85. The number of benzene rings is 4. The summed E-state index contributed by atoms with van der Waals surface area (Å²) in [6.45, 7) is 0.0405. The van der Waals surface area contributed by atoms with Crippen LogP contribution in [0.15, 0.2) is 59.5 Å². The molecule has 0 spiro atoms. The smallest absolute Gasteiger partial charge is 0.324 e. The monoisotopic (exact) mass is 468 g/mol. The minimum absolute atomic E-state index is 0.0777. The van der Waals surface area contributed by atoms with E-state index in [1.807, 2.05) is 36.4 Å². The van der Waals surface area contributed by atoms with E-state index in [9.17, 15) is 22.4 Å². The molecule has 2 unspecified atom stereocenters. The molecule has 8 nitrogen and oxygen atoms in total. The van der Waals surface area contributed by atoms with E-state index < -0.39 is 37.6 Å². The molecule has 0 aliphatic heterocycles. The van der Waals surface area contributed by atoms with Crippen molar-refractivity contribution in [3.8, 4) is 0 Å². The fourth-order valence-corrected chi connectivity index (χ4v) is 7.04. The lowest BCUT2D eigenvalue weighted by Gasteiger charge is -2.15. The van der Waals surface area contributed by atoms with Gasteiger partial charge in [-0.1, -0.05) is 48.5 Å². The molecule has 0 saturated heterocycles. The molecule has 0 fully saturated rings. The Balaban J connectivity index is 1.70.